The van der Waals surface area contributed by atoms with Gasteiger partial charge in [0.05, 0.1) is 11.4 Å². The van der Waals surface area contributed by atoms with Crippen molar-refractivity contribution >= 4 is 23.5 Å². The molecule has 2 rings (SSSR count). The second kappa shape index (κ2) is 6.06. The average molecular weight is 242 g/mol. The van der Waals surface area contributed by atoms with Crippen molar-refractivity contribution in [2.45, 2.75) is 38.0 Å². The molecule has 4 heteroatoms. The van der Waals surface area contributed by atoms with Gasteiger partial charge in [-0.05, 0) is 36.5 Å². The van der Waals surface area contributed by atoms with Crippen molar-refractivity contribution in [3.63, 3.8) is 0 Å². The summed E-state index contributed by atoms with van der Waals surface area (Å²) >= 11 is 0. The van der Waals surface area contributed by atoms with E-state index in [2.05, 4.69) is 9.98 Å². The van der Waals surface area contributed by atoms with Crippen LogP contribution >= 0.6 is 0 Å². The number of nitrogens with zero attached hydrogens (tertiary/aromatic N) is 2. The second-order valence-corrected chi connectivity index (χ2v) is 4.48. The molecule has 1 aromatic rings. The molecule has 0 aliphatic heterocycles. The highest BCUT2D eigenvalue weighted by molar-refractivity contribution is 5.62. The summed E-state index contributed by atoms with van der Waals surface area (Å²) < 4.78 is 0. The first-order chi connectivity index (χ1) is 8.85. The number of hydrogen-bond acceptors (Lipinski definition) is 4. The van der Waals surface area contributed by atoms with Crippen molar-refractivity contribution in [3.8, 4) is 0 Å². The highest BCUT2D eigenvalue weighted by Gasteiger charge is 2.18. The van der Waals surface area contributed by atoms with Crippen LogP contribution in [0, 0.1) is 0 Å². The third kappa shape index (κ3) is 2.80. The fraction of sp³-hybridized carbons (Fsp3) is 0.429. The Hall–Kier alpha value is -2.02. The van der Waals surface area contributed by atoms with Gasteiger partial charge in [0.15, 0.2) is 0 Å². The molecule has 0 N–H and O–H groups in total. The molecule has 0 heterocycles. The molecule has 0 bridgehead atoms. The van der Waals surface area contributed by atoms with Crippen LogP contribution in [0.5, 0.6) is 0 Å². The van der Waals surface area contributed by atoms with E-state index >= 15 is 0 Å². The largest absolute Gasteiger partial charge is 0.240 e. The Labute approximate surface area is 105 Å². The van der Waals surface area contributed by atoms with Gasteiger partial charge in [-0.15, -0.1) is 0 Å². The van der Waals surface area contributed by atoms with Gasteiger partial charge in [-0.2, -0.15) is 9.98 Å². The molecule has 0 spiro atoms. The maximum Gasteiger partial charge on any atom is 0.240 e. The Morgan fingerprint density at radius 1 is 1.00 bits per heavy atom. The predicted octanol–water partition coefficient (Wildman–Crippen LogP) is 3.67. The van der Waals surface area contributed by atoms with Crippen molar-refractivity contribution in [1.29, 1.82) is 0 Å². The van der Waals surface area contributed by atoms with Crippen LogP contribution in [-0.4, -0.2) is 12.2 Å². The summed E-state index contributed by atoms with van der Waals surface area (Å²) in [5, 5.41) is 0. The summed E-state index contributed by atoms with van der Waals surface area (Å²) in [6, 6.07) is 5.31. The molecule has 18 heavy (non-hydrogen) atoms. The zero-order valence-corrected chi connectivity index (χ0v) is 10.1. The number of carbonyl (C=O) groups excluding carboxylic acids is 2. The first-order valence-electron chi connectivity index (χ1n) is 6.15. The SMILES string of the molecule is O=C=Nc1ccc(C2CCCCC2)c(N=C=O)c1. The third-order valence-corrected chi connectivity index (χ3v) is 3.40. The monoisotopic (exact) mass is 242 g/mol. The van der Waals surface area contributed by atoms with Crippen LogP contribution in [0.2, 0.25) is 0 Å². The average Bonchev–Trinajstić information content (AvgIpc) is 2.41. The molecule has 0 radical (unpaired) electrons. The quantitative estimate of drug-likeness (QED) is 0.599. The Morgan fingerprint density at radius 3 is 2.39 bits per heavy atom. The van der Waals surface area contributed by atoms with Crippen LogP contribution in [-0.2, 0) is 9.59 Å². The smallest absolute Gasteiger partial charge is 0.211 e. The van der Waals surface area contributed by atoms with E-state index in [0.717, 1.165) is 18.4 Å². The predicted molar refractivity (Wildman–Crippen MR) is 67.8 cm³/mol. The first kappa shape index (κ1) is 12.4. The van der Waals surface area contributed by atoms with Crippen LogP contribution in [0.15, 0.2) is 28.2 Å². The maximum absolute atomic E-state index is 10.5. The molecule has 92 valence electrons. The summed E-state index contributed by atoms with van der Waals surface area (Å²) in [5.41, 5.74) is 2.11. The summed E-state index contributed by atoms with van der Waals surface area (Å²) in [7, 11) is 0. The molecule has 0 saturated heterocycles. The molecule has 4 nitrogen and oxygen atoms in total. The normalized spacial score (nSPS) is 15.6. The number of aliphatic imine (C=N–C) groups is 2. The van der Waals surface area contributed by atoms with E-state index in [9.17, 15) is 9.59 Å². The minimum atomic E-state index is 0.445. The van der Waals surface area contributed by atoms with E-state index in [-0.39, 0.29) is 0 Å². The molecular weight excluding hydrogens is 228 g/mol. The lowest BCUT2D eigenvalue weighted by Gasteiger charge is -2.22. The van der Waals surface area contributed by atoms with Gasteiger partial charge in [0.1, 0.15) is 0 Å². The van der Waals surface area contributed by atoms with Crippen molar-refractivity contribution < 1.29 is 9.59 Å². The van der Waals surface area contributed by atoms with Crippen molar-refractivity contribution in [2.24, 2.45) is 9.98 Å². The van der Waals surface area contributed by atoms with E-state index < -0.39 is 0 Å². The Morgan fingerprint density at radius 2 is 1.72 bits per heavy atom. The van der Waals surface area contributed by atoms with Crippen LogP contribution in [0.1, 0.15) is 43.6 Å². The lowest BCUT2D eigenvalue weighted by molar-refractivity contribution is 0.444. The fourth-order valence-electron chi connectivity index (χ4n) is 2.56. The van der Waals surface area contributed by atoms with Crippen molar-refractivity contribution in [3.05, 3.63) is 23.8 Å². The van der Waals surface area contributed by atoms with Crippen molar-refractivity contribution in [1.82, 2.24) is 0 Å². The lowest BCUT2D eigenvalue weighted by atomic mass is 9.83. The lowest BCUT2D eigenvalue weighted by Crippen LogP contribution is -2.04. The molecule has 1 aliphatic carbocycles. The van der Waals surface area contributed by atoms with Crippen LogP contribution in [0.4, 0.5) is 11.4 Å². The molecule has 0 unspecified atom stereocenters. The summed E-state index contributed by atoms with van der Waals surface area (Å²) in [5.74, 6) is 0.445. The van der Waals surface area contributed by atoms with E-state index in [0.29, 0.717) is 17.3 Å². The van der Waals surface area contributed by atoms with Gasteiger partial charge >= 0.3 is 0 Å². The molecular formula is C14H14N2O2. The highest BCUT2D eigenvalue weighted by atomic mass is 16.1. The van der Waals surface area contributed by atoms with E-state index in [1.807, 2.05) is 6.07 Å². The van der Waals surface area contributed by atoms with Gasteiger partial charge in [0, 0.05) is 0 Å². The van der Waals surface area contributed by atoms with E-state index in [1.165, 1.54) is 25.3 Å². The standard InChI is InChI=1S/C14H14N2O2/c17-9-15-12-6-7-13(14(8-12)16-10-18)11-4-2-1-3-5-11/h6-8,11H,1-5H2. The van der Waals surface area contributed by atoms with Gasteiger partial charge in [-0.3, -0.25) is 0 Å². The first-order valence-corrected chi connectivity index (χ1v) is 6.15. The van der Waals surface area contributed by atoms with E-state index in [4.69, 9.17) is 0 Å². The van der Waals surface area contributed by atoms with Crippen LogP contribution < -0.4 is 0 Å². The van der Waals surface area contributed by atoms with Crippen LogP contribution in [0.25, 0.3) is 0 Å². The topological polar surface area (TPSA) is 58.9 Å². The Bertz CT molecular complexity index is 521. The van der Waals surface area contributed by atoms with Gasteiger partial charge in [-0.25, -0.2) is 9.59 Å². The second-order valence-electron chi connectivity index (χ2n) is 4.48. The minimum Gasteiger partial charge on any atom is -0.211 e. The number of hydrogen-bond donors (Lipinski definition) is 0. The summed E-state index contributed by atoms with van der Waals surface area (Å²) in [6.45, 7) is 0. The molecule has 0 amide bonds. The van der Waals surface area contributed by atoms with Gasteiger partial charge in [-0.1, -0.05) is 25.3 Å². The molecule has 1 saturated carbocycles. The molecule has 0 atom stereocenters. The molecule has 1 aromatic carbocycles. The van der Waals surface area contributed by atoms with Crippen LogP contribution in [0.3, 0.4) is 0 Å². The fourth-order valence-corrected chi connectivity index (χ4v) is 2.56. The minimum absolute atomic E-state index is 0.445. The zero-order chi connectivity index (χ0) is 12.8. The number of benzene rings is 1. The number of rotatable bonds is 3. The maximum atomic E-state index is 10.5. The van der Waals surface area contributed by atoms with E-state index in [1.54, 1.807) is 18.2 Å². The summed E-state index contributed by atoms with van der Waals surface area (Å²) in [6.07, 6.45) is 9.00. The molecule has 0 aromatic heterocycles. The Kier molecular flexibility index (Phi) is 4.19. The van der Waals surface area contributed by atoms with Crippen molar-refractivity contribution in [2.75, 3.05) is 0 Å². The van der Waals surface area contributed by atoms with Gasteiger partial charge < -0.3 is 0 Å². The Balaban J connectivity index is 2.38. The van der Waals surface area contributed by atoms with Gasteiger partial charge in [0.25, 0.3) is 0 Å². The molecule has 1 aliphatic rings. The molecule has 1 fully saturated rings. The summed E-state index contributed by atoms with van der Waals surface area (Å²) in [4.78, 5) is 28.0. The zero-order valence-electron chi connectivity index (χ0n) is 10.1. The van der Waals surface area contributed by atoms with Gasteiger partial charge in [0.2, 0.25) is 12.2 Å². The third-order valence-electron chi connectivity index (χ3n) is 3.40. The number of isocyanates is 2. The highest BCUT2D eigenvalue weighted by Crippen LogP contribution is 2.38.